The predicted octanol–water partition coefficient (Wildman–Crippen LogP) is 3.25. The van der Waals surface area contributed by atoms with Gasteiger partial charge in [0.1, 0.15) is 5.69 Å². The summed E-state index contributed by atoms with van der Waals surface area (Å²) in [5, 5.41) is 8.16. The number of aromatic nitrogens is 2. The average molecular weight is 224 g/mol. The molecular weight excluding hydrogens is 219 g/mol. The summed E-state index contributed by atoms with van der Waals surface area (Å²) in [6.45, 7) is 0. The highest BCUT2D eigenvalue weighted by molar-refractivity contribution is 6.35. The molecule has 0 aliphatic carbocycles. The molecular formula is C10H5Cl2N2. The van der Waals surface area contributed by atoms with Gasteiger partial charge in [0.15, 0.2) is 5.15 Å². The molecule has 0 fully saturated rings. The Morgan fingerprint density at radius 2 is 1.71 bits per heavy atom. The van der Waals surface area contributed by atoms with Gasteiger partial charge in [0, 0.05) is 11.6 Å². The van der Waals surface area contributed by atoms with Crippen molar-refractivity contribution in [3.8, 4) is 11.3 Å². The highest BCUT2D eigenvalue weighted by atomic mass is 35.5. The molecule has 2 rings (SSSR count). The van der Waals surface area contributed by atoms with E-state index in [2.05, 4.69) is 16.3 Å². The summed E-state index contributed by atoms with van der Waals surface area (Å²) < 4.78 is 0. The summed E-state index contributed by atoms with van der Waals surface area (Å²) in [5.41, 5.74) is 1.49. The summed E-state index contributed by atoms with van der Waals surface area (Å²) in [4.78, 5) is 0. The van der Waals surface area contributed by atoms with Crippen molar-refractivity contribution in [2.75, 3.05) is 0 Å². The number of nitrogens with zero attached hydrogens (tertiary/aromatic N) is 2. The van der Waals surface area contributed by atoms with E-state index in [1.807, 2.05) is 30.3 Å². The van der Waals surface area contributed by atoms with Crippen LogP contribution in [0, 0.1) is 6.07 Å². The molecule has 1 aromatic heterocycles. The van der Waals surface area contributed by atoms with Crippen molar-refractivity contribution in [3.05, 3.63) is 46.6 Å². The van der Waals surface area contributed by atoms with Crippen molar-refractivity contribution in [1.82, 2.24) is 10.2 Å². The Labute approximate surface area is 91.5 Å². The van der Waals surface area contributed by atoms with Crippen LogP contribution in [0.3, 0.4) is 0 Å². The number of rotatable bonds is 1. The first kappa shape index (κ1) is 9.44. The first-order chi connectivity index (χ1) is 6.77. The predicted molar refractivity (Wildman–Crippen MR) is 56.3 cm³/mol. The Bertz CT molecular complexity index is 443. The van der Waals surface area contributed by atoms with E-state index in [4.69, 9.17) is 23.2 Å². The summed E-state index contributed by atoms with van der Waals surface area (Å²) in [5.74, 6) is 0. The molecule has 69 valence electrons. The Morgan fingerprint density at radius 3 is 2.36 bits per heavy atom. The zero-order valence-corrected chi connectivity index (χ0v) is 8.55. The maximum Gasteiger partial charge on any atom is 0.161 e. The molecule has 2 nitrogen and oxygen atoms in total. The van der Waals surface area contributed by atoms with Crippen molar-refractivity contribution < 1.29 is 0 Å². The fourth-order valence-electron chi connectivity index (χ4n) is 1.09. The van der Waals surface area contributed by atoms with E-state index in [0.717, 1.165) is 5.56 Å². The van der Waals surface area contributed by atoms with Gasteiger partial charge in [-0.15, -0.1) is 10.2 Å². The van der Waals surface area contributed by atoms with Crippen LogP contribution < -0.4 is 0 Å². The first-order valence-electron chi connectivity index (χ1n) is 3.94. The van der Waals surface area contributed by atoms with Crippen molar-refractivity contribution in [3.63, 3.8) is 0 Å². The molecule has 0 aliphatic rings. The van der Waals surface area contributed by atoms with Crippen LogP contribution in [0.1, 0.15) is 0 Å². The zero-order valence-electron chi connectivity index (χ0n) is 7.04. The molecule has 0 saturated heterocycles. The lowest BCUT2D eigenvalue weighted by Crippen LogP contribution is -1.89. The second-order valence-electron chi connectivity index (χ2n) is 2.64. The minimum absolute atomic E-state index is 0.176. The van der Waals surface area contributed by atoms with Crippen molar-refractivity contribution in [2.24, 2.45) is 0 Å². The third-order valence-electron chi connectivity index (χ3n) is 1.71. The summed E-state index contributed by atoms with van der Waals surface area (Å²) in [6, 6.07) is 12.2. The van der Waals surface area contributed by atoms with Gasteiger partial charge in [-0.25, -0.2) is 0 Å². The van der Waals surface area contributed by atoms with Gasteiger partial charge in [0.05, 0.1) is 5.02 Å². The fourth-order valence-corrected chi connectivity index (χ4v) is 1.51. The monoisotopic (exact) mass is 223 g/mol. The maximum atomic E-state index is 5.92. The lowest BCUT2D eigenvalue weighted by atomic mass is 10.1. The highest BCUT2D eigenvalue weighted by Gasteiger charge is 2.06. The van der Waals surface area contributed by atoms with Crippen LogP contribution in [0.25, 0.3) is 11.3 Å². The van der Waals surface area contributed by atoms with Crippen LogP contribution in [0.5, 0.6) is 0 Å². The van der Waals surface area contributed by atoms with E-state index in [1.165, 1.54) is 0 Å². The second-order valence-corrected chi connectivity index (χ2v) is 3.38. The van der Waals surface area contributed by atoms with Gasteiger partial charge in [0.25, 0.3) is 0 Å². The van der Waals surface area contributed by atoms with Crippen LogP contribution in [-0.2, 0) is 0 Å². The van der Waals surface area contributed by atoms with Gasteiger partial charge < -0.3 is 0 Å². The van der Waals surface area contributed by atoms with Gasteiger partial charge in [-0.05, 0) is 0 Å². The summed E-state index contributed by atoms with van der Waals surface area (Å²) in [7, 11) is 0. The molecule has 1 heterocycles. The molecule has 0 amide bonds. The Morgan fingerprint density at radius 1 is 1.00 bits per heavy atom. The summed E-state index contributed by atoms with van der Waals surface area (Å²) >= 11 is 11.5. The number of hydrogen-bond acceptors (Lipinski definition) is 2. The number of hydrogen-bond donors (Lipinski definition) is 0. The quantitative estimate of drug-likeness (QED) is 0.742. The van der Waals surface area contributed by atoms with Gasteiger partial charge in [-0.3, -0.25) is 0 Å². The van der Waals surface area contributed by atoms with Gasteiger partial charge in [-0.1, -0.05) is 53.5 Å². The molecule has 0 unspecified atom stereocenters. The Kier molecular flexibility index (Phi) is 2.66. The molecule has 0 saturated carbocycles. The average Bonchev–Trinajstić information content (AvgIpc) is 2.19. The fraction of sp³-hybridized carbons (Fsp3) is 0. The van der Waals surface area contributed by atoms with Crippen LogP contribution in [-0.4, -0.2) is 10.2 Å². The lowest BCUT2D eigenvalue weighted by Gasteiger charge is -2.00. The molecule has 14 heavy (non-hydrogen) atoms. The molecule has 4 heteroatoms. The number of benzene rings is 1. The van der Waals surface area contributed by atoms with Crippen LogP contribution in [0.15, 0.2) is 30.3 Å². The Hall–Kier alpha value is -1.12. The van der Waals surface area contributed by atoms with Gasteiger partial charge in [-0.2, -0.15) is 0 Å². The topological polar surface area (TPSA) is 25.8 Å². The molecule has 0 atom stereocenters. The molecule has 2 aromatic rings. The lowest BCUT2D eigenvalue weighted by molar-refractivity contribution is 1.04. The van der Waals surface area contributed by atoms with E-state index in [1.54, 1.807) is 0 Å². The normalized spacial score (nSPS) is 10.1. The maximum absolute atomic E-state index is 5.92. The van der Waals surface area contributed by atoms with E-state index < -0.39 is 0 Å². The highest BCUT2D eigenvalue weighted by Crippen LogP contribution is 2.25. The zero-order chi connectivity index (χ0) is 9.97. The van der Waals surface area contributed by atoms with E-state index in [-0.39, 0.29) is 5.15 Å². The van der Waals surface area contributed by atoms with E-state index in [9.17, 15) is 0 Å². The largest absolute Gasteiger partial charge is 0.161 e. The summed E-state index contributed by atoms with van der Waals surface area (Å²) in [6.07, 6.45) is 0. The Balaban J connectivity index is 2.53. The first-order valence-corrected chi connectivity index (χ1v) is 4.69. The van der Waals surface area contributed by atoms with Crippen molar-refractivity contribution >= 4 is 23.2 Å². The SMILES string of the molecule is Clc1[c]c(Cl)c(-c2ccccc2)nn1. The molecule has 1 radical (unpaired) electrons. The molecule has 0 bridgehead atoms. The second kappa shape index (κ2) is 3.95. The molecule has 0 N–H and O–H groups in total. The number of halogens is 2. The van der Waals surface area contributed by atoms with E-state index in [0.29, 0.717) is 10.7 Å². The molecule has 0 spiro atoms. The third kappa shape index (κ3) is 1.86. The third-order valence-corrected chi connectivity index (χ3v) is 2.15. The smallest absolute Gasteiger partial charge is 0.147 e. The molecule has 1 aromatic carbocycles. The van der Waals surface area contributed by atoms with Crippen molar-refractivity contribution in [2.45, 2.75) is 0 Å². The van der Waals surface area contributed by atoms with Crippen LogP contribution >= 0.6 is 23.2 Å². The standard InChI is InChI=1S/C10H5Cl2N2/c11-8-6-9(12)13-14-10(8)7-4-2-1-3-5-7/h1-5H. The minimum Gasteiger partial charge on any atom is -0.147 e. The van der Waals surface area contributed by atoms with E-state index >= 15 is 0 Å². The molecule has 0 aliphatic heterocycles. The minimum atomic E-state index is 0.176. The van der Waals surface area contributed by atoms with Crippen molar-refractivity contribution in [1.29, 1.82) is 0 Å². The van der Waals surface area contributed by atoms with Crippen LogP contribution in [0.2, 0.25) is 10.2 Å². The van der Waals surface area contributed by atoms with Gasteiger partial charge >= 0.3 is 0 Å². The van der Waals surface area contributed by atoms with Gasteiger partial charge in [0.2, 0.25) is 0 Å². The van der Waals surface area contributed by atoms with Crippen LogP contribution in [0.4, 0.5) is 0 Å².